The van der Waals surface area contributed by atoms with Gasteiger partial charge in [0.15, 0.2) is 5.58 Å². The third-order valence-electron chi connectivity index (χ3n) is 3.05. The molecule has 1 aromatic heterocycles. The summed E-state index contributed by atoms with van der Waals surface area (Å²) in [7, 11) is 0. The number of carboxylic acid groups (broad SMARTS) is 1. The van der Waals surface area contributed by atoms with Gasteiger partial charge in [-0.2, -0.15) is 0 Å². The van der Waals surface area contributed by atoms with Crippen LogP contribution in [0.25, 0.3) is 22.6 Å². The Labute approximate surface area is 134 Å². The highest BCUT2D eigenvalue weighted by Crippen LogP contribution is 2.31. The average Bonchev–Trinajstić information content (AvgIpc) is 2.92. The maximum Gasteiger partial charge on any atom is 0.335 e. The zero-order valence-corrected chi connectivity index (χ0v) is 12.4. The first-order valence-electron chi connectivity index (χ1n) is 6.09. The average molecular weight is 336 g/mol. The summed E-state index contributed by atoms with van der Waals surface area (Å²) < 4.78 is 5.58. The molecule has 0 bridgehead atoms. The fourth-order valence-electron chi connectivity index (χ4n) is 1.98. The van der Waals surface area contributed by atoms with Crippen LogP contribution in [0.3, 0.4) is 0 Å². The molecule has 0 aliphatic rings. The minimum atomic E-state index is -1.02. The second-order valence-electron chi connectivity index (χ2n) is 4.48. The van der Waals surface area contributed by atoms with Crippen molar-refractivity contribution < 1.29 is 19.1 Å². The summed E-state index contributed by atoms with van der Waals surface area (Å²) >= 11 is 11.5. The molecule has 3 aromatic rings. The van der Waals surface area contributed by atoms with Crippen LogP contribution in [0.1, 0.15) is 20.7 Å². The molecule has 0 atom stereocenters. The number of halogens is 2. The third kappa shape index (κ3) is 2.56. The first-order valence-corrected chi connectivity index (χ1v) is 6.85. The zero-order chi connectivity index (χ0) is 15.9. The number of hydrogen-bond donors (Lipinski definition) is 1. The van der Waals surface area contributed by atoms with E-state index in [4.69, 9.17) is 32.7 Å². The Morgan fingerprint density at radius 3 is 2.36 bits per heavy atom. The van der Waals surface area contributed by atoms with Crippen molar-refractivity contribution in [2.75, 3.05) is 0 Å². The maximum atomic E-state index is 11.2. The summed E-state index contributed by atoms with van der Waals surface area (Å²) in [6, 6.07) is 8.94. The highest BCUT2D eigenvalue weighted by molar-refractivity contribution is 6.68. The van der Waals surface area contributed by atoms with E-state index in [1.54, 1.807) is 12.1 Å². The van der Waals surface area contributed by atoms with Crippen LogP contribution >= 0.6 is 23.2 Å². The molecule has 0 aliphatic carbocycles. The molecule has 3 rings (SSSR count). The van der Waals surface area contributed by atoms with Crippen LogP contribution in [0.5, 0.6) is 0 Å². The summed E-state index contributed by atoms with van der Waals surface area (Å²) in [6.07, 6.45) is 0. The van der Waals surface area contributed by atoms with E-state index in [2.05, 4.69) is 4.98 Å². The molecule has 0 amide bonds. The van der Waals surface area contributed by atoms with Gasteiger partial charge >= 0.3 is 5.97 Å². The lowest BCUT2D eigenvalue weighted by Gasteiger charge is -1.96. The van der Waals surface area contributed by atoms with Crippen molar-refractivity contribution in [1.29, 1.82) is 0 Å². The van der Waals surface area contributed by atoms with Crippen LogP contribution in [-0.4, -0.2) is 21.3 Å². The Balaban J connectivity index is 2.10. The summed E-state index contributed by atoms with van der Waals surface area (Å²) in [5.74, 6) is -0.745. The van der Waals surface area contributed by atoms with Gasteiger partial charge in [-0.1, -0.05) is 11.6 Å². The standard InChI is InChI=1S/C15H7Cl2NO4/c16-10-5-9(13(17)19)6-11-12(10)22-14(18-11)7-1-3-8(4-2-7)15(20)21/h1-6H,(H,20,21). The smallest absolute Gasteiger partial charge is 0.335 e. The van der Waals surface area contributed by atoms with Crippen LogP contribution in [0, 0.1) is 0 Å². The number of nitrogens with zero attached hydrogens (tertiary/aromatic N) is 1. The van der Waals surface area contributed by atoms with Crippen LogP contribution in [-0.2, 0) is 0 Å². The van der Waals surface area contributed by atoms with Crippen molar-refractivity contribution >= 4 is 45.5 Å². The number of carbonyl (C=O) groups is 2. The Morgan fingerprint density at radius 2 is 1.77 bits per heavy atom. The van der Waals surface area contributed by atoms with Gasteiger partial charge in [0.1, 0.15) is 5.52 Å². The molecule has 0 saturated carbocycles. The first-order chi connectivity index (χ1) is 10.5. The van der Waals surface area contributed by atoms with Gasteiger partial charge in [-0.15, -0.1) is 0 Å². The molecule has 110 valence electrons. The minimum Gasteiger partial charge on any atom is -0.478 e. The fourth-order valence-corrected chi connectivity index (χ4v) is 2.35. The van der Waals surface area contributed by atoms with Gasteiger partial charge in [0.25, 0.3) is 5.24 Å². The van der Waals surface area contributed by atoms with E-state index in [1.165, 1.54) is 24.3 Å². The number of oxazole rings is 1. The quantitative estimate of drug-likeness (QED) is 0.724. The number of rotatable bonds is 3. The summed E-state index contributed by atoms with van der Waals surface area (Å²) in [6.45, 7) is 0. The maximum absolute atomic E-state index is 11.2. The van der Waals surface area contributed by atoms with Crippen molar-refractivity contribution in [1.82, 2.24) is 4.98 Å². The van der Waals surface area contributed by atoms with Crippen LogP contribution < -0.4 is 0 Å². The number of aromatic nitrogens is 1. The van der Waals surface area contributed by atoms with Gasteiger partial charge in [-0.25, -0.2) is 9.78 Å². The predicted octanol–water partition coefficient (Wildman–Crippen LogP) is 4.23. The van der Waals surface area contributed by atoms with E-state index in [0.29, 0.717) is 16.7 Å². The molecule has 22 heavy (non-hydrogen) atoms. The van der Waals surface area contributed by atoms with E-state index >= 15 is 0 Å². The zero-order valence-electron chi connectivity index (χ0n) is 10.8. The number of fused-ring (bicyclic) bond motifs is 1. The molecule has 0 radical (unpaired) electrons. The lowest BCUT2D eigenvalue weighted by Crippen LogP contribution is -1.94. The number of carboxylic acids is 1. The van der Waals surface area contributed by atoms with Gasteiger partial charge < -0.3 is 9.52 Å². The van der Waals surface area contributed by atoms with Crippen molar-refractivity contribution in [2.45, 2.75) is 0 Å². The highest BCUT2D eigenvalue weighted by Gasteiger charge is 2.15. The van der Waals surface area contributed by atoms with E-state index in [0.717, 1.165) is 0 Å². The second kappa shape index (κ2) is 5.44. The van der Waals surface area contributed by atoms with Gasteiger partial charge in [0.2, 0.25) is 5.89 Å². The lowest BCUT2D eigenvalue weighted by molar-refractivity contribution is 0.0696. The fraction of sp³-hybridized carbons (Fsp3) is 0. The van der Waals surface area contributed by atoms with Crippen molar-refractivity contribution in [3.05, 3.63) is 52.5 Å². The monoisotopic (exact) mass is 335 g/mol. The minimum absolute atomic E-state index is 0.160. The summed E-state index contributed by atoms with van der Waals surface area (Å²) in [4.78, 5) is 26.3. The van der Waals surface area contributed by atoms with Crippen molar-refractivity contribution in [3.8, 4) is 11.5 Å². The topological polar surface area (TPSA) is 80.4 Å². The molecule has 0 fully saturated rings. The van der Waals surface area contributed by atoms with Gasteiger partial charge in [0.05, 0.1) is 10.6 Å². The second-order valence-corrected chi connectivity index (χ2v) is 5.23. The SMILES string of the molecule is O=C(O)c1ccc(-c2nc3cc(C(=O)Cl)cc(Cl)c3o2)cc1. The third-order valence-corrected chi connectivity index (χ3v) is 3.55. The van der Waals surface area contributed by atoms with E-state index < -0.39 is 11.2 Å². The van der Waals surface area contributed by atoms with Gasteiger partial charge in [-0.3, -0.25) is 4.79 Å². The Kier molecular flexibility index (Phi) is 3.60. The molecule has 2 aromatic carbocycles. The number of benzene rings is 2. The number of carbonyl (C=O) groups excluding carboxylic acids is 1. The molecular formula is C15H7Cl2NO4. The molecule has 1 heterocycles. The van der Waals surface area contributed by atoms with E-state index in [1.807, 2.05) is 0 Å². The normalized spacial score (nSPS) is 10.8. The molecule has 0 saturated heterocycles. The molecule has 1 N–H and O–H groups in total. The van der Waals surface area contributed by atoms with Crippen molar-refractivity contribution in [3.63, 3.8) is 0 Å². The van der Waals surface area contributed by atoms with Crippen molar-refractivity contribution in [2.24, 2.45) is 0 Å². The Morgan fingerprint density at radius 1 is 1.09 bits per heavy atom. The molecule has 7 heteroatoms. The molecule has 0 spiro atoms. The van der Waals surface area contributed by atoms with E-state index in [9.17, 15) is 9.59 Å². The number of aromatic carboxylic acids is 1. The molecule has 0 aliphatic heterocycles. The van der Waals surface area contributed by atoms with Gasteiger partial charge in [-0.05, 0) is 48.0 Å². The largest absolute Gasteiger partial charge is 0.478 e. The van der Waals surface area contributed by atoms with Gasteiger partial charge in [0, 0.05) is 11.1 Å². The summed E-state index contributed by atoms with van der Waals surface area (Å²) in [5.41, 5.74) is 1.71. The molecular weight excluding hydrogens is 329 g/mol. The van der Waals surface area contributed by atoms with Crippen LogP contribution in [0.15, 0.2) is 40.8 Å². The highest BCUT2D eigenvalue weighted by atomic mass is 35.5. The van der Waals surface area contributed by atoms with Crippen LogP contribution in [0.4, 0.5) is 0 Å². The summed E-state index contributed by atoms with van der Waals surface area (Å²) in [5, 5.41) is 8.46. The lowest BCUT2D eigenvalue weighted by atomic mass is 10.1. The number of hydrogen-bond acceptors (Lipinski definition) is 4. The Hall–Kier alpha value is -2.37. The molecule has 5 nitrogen and oxygen atoms in total. The van der Waals surface area contributed by atoms with E-state index in [-0.39, 0.29) is 22.0 Å². The first kappa shape index (κ1) is 14.6. The molecule has 0 unspecified atom stereocenters. The van der Waals surface area contributed by atoms with Crippen LogP contribution in [0.2, 0.25) is 5.02 Å². The predicted molar refractivity (Wildman–Crippen MR) is 81.6 cm³/mol. The Bertz CT molecular complexity index is 900.